The number of hydrogen-bond acceptors (Lipinski definition) is 8. The topological polar surface area (TPSA) is 89.9 Å². The van der Waals surface area contributed by atoms with Gasteiger partial charge >= 0.3 is 11.9 Å². The average Bonchev–Trinajstić information content (AvgIpc) is 3.21. The van der Waals surface area contributed by atoms with Crippen molar-refractivity contribution in [2.45, 2.75) is 19.4 Å². The van der Waals surface area contributed by atoms with E-state index in [0.29, 0.717) is 43.2 Å². The Morgan fingerprint density at radius 1 is 1.35 bits per heavy atom. The first kappa shape index (κ1) is 23.6. The average molecular weight is 575 g/mol. The number of nitrogens with zero attached hydrogens (tertiary/aromatic N) is 2. The van der Waals surface area contributed by atoms with Crippen LogP contribution in [0.4, 0.5) is 4.39 Å². The fourth-order valence-electron chi connectivity index (χ4n) is 2.92. The van der Waals surface area contributed by atoms with Crippen LogP contribution in [0.25, 0.3) is 0 Å². The molecule has 7 nitrogen and oxygen atoms in total. The molecule has 31 heavy (non-hydrogen) atoms. The highest BCUT2D eigenvalue weighted by molar-refractivity contribution is 9.10. The van der Waals surface area contributed by atoms with Crippen molar-refractivity contribution in [2.24, 2.45) is 4.99 Å². The van der Waals surface area contributed by atoms with Gasteiger partial charge in [-0.1, -0.05) is 37.9 Å². The summed E-state index contributed by atoms with van der Waals surface area (Å²) in [7, 11) is 1.32. The first-order valence-electron chi connectivity index (χ1n) is 9.15. The minimum Gasteiger partial charge on any atom is -0.469 e. The monoisotopic (exact) mass is 573 g/mol. The lowest BCUT2D eigenvalue weighted by Gasteiger charge is -2.26. The molecule has 1 unspecified atom stereocenters. The third-order valence-corrected chi connectivity index (χ3v) is 6.46. The zero-order valence-corrected chi connectivity index (χ0v) is 20.6. The molecule has 0 aliphatic carbocycles. The largest absolute Gasteiger partial charge is 0.469 e. The molecule has 11 heteroatoms. The van der Waals surface area contributed by atoms with Crippen LogP contribution in [-0.4, -0.2) is 41.8 Å². The molecule has 1 aliphatic rings. The zero-order chi connectivity index (χ0) is 22.5. The van der Waals surface area contributed by atoms with Crippen molar-refractivity contribution in [3.8, 4) is 0 Å². The number of halogens is 3. The number of allylic oxidation sites excluding steroid dienone is 1. The number of carbonyl (C=O) groups excluding carboxylic acids is 2. The van der Waals surface area contributed by atoms with Gasteiger partial charge in [-0.05, 0) is 24.6 Å². The fourth-order valence-corrected chi connectivity index (χ4v) is 4.70. The summed E-state index contributed by atoms with van der Waals surface area (Å²) in [5.74, 6) is -0.887. The Morgan fingerprint density at radius 2 is 2.13 bits per heavy atom. The summed E-state index contributed by atoms with van der Waals surface area (Å²) in [5.41, 5.74) is 2.04. The molecule has 0 saturated carbocycles. The van der Waals surface area contributed by atoms with Gasteiger partial charge in [-0.2, -0.15) is 0 Å². The summed E-state index contributed by atoms with van der Waals surface area (Å²) < 4.78 is 24.1. The van der Waals surface area contributed by atoms with E-state index in [2.05, 4.69) is 46.9 Å². The highest BCUT2D eigenvalue weighted by Gasteiger charge is 2.33. The molecule has 0 spiro atoms. The first-order chi connectivity index (χ1) is 14.9. The number of amidine groups is 1. The van der Waals surface area contributed by atoms with Crippen molar-refractivity contribution >= 4 is 61.0 Å². The third kappa shape index (κ3) is 5.39. The van der Waals surface area contributed by atoms with E-state index < -0.39 is 23.8 Å². The number of alkyl halides is 1. The molecule has 1 N–H and O–H groups in total. The quantitative estimate of drug-likeness (QED) is 0.396. The molecule has 164 valence electrons. The number of carbonyl (C=O) groups is 2. The Morgan fingerprint density at radius 3 is 2.77 bits per heavy atom. The molecule has 2 heterocycles. The van der Waals surface area contributed by atoms with Crippen LogP contribution in [0.1, 0.15) is 29.2 Å². The van der Waals surface area contributed by atoms with Crippen molar-refractivity contribution in [3.05, 3.63) is 61.4 Å². The molecule has 1 aliphatic heterocycles. The van der Waals surface area contributed by atoms with E-state index in [1.807, 2.05) is 0 Å². The van der Waals surface area contributed by atoms with Gasteiger partial charge in [0.05, 0.1) is 31.4 Å². The number of nitrogens with one attached hydrogen (secondary N) is 1. The van der Waals surface area contributed by atoms with Gasteiger partial charge in [-0.15, -0.1) is 11.3 Å². The van der Waals surface area contributed by atoms with E-state index in [9.17, 15) is 14.0 Å². The maximum Gasteiger partial charge on any atom is 0.338 e. The van der Waals surface area contributed by atoms with Gasteiger partial charge in [0.1, 0.15) is 11.9 Å². The highest BCUT2D eigenvalue weighted by atomic mass is 79.9. The lowest BCUT2D eigenvalue weighted by atomic mass is 9.96. The number of aromatic nitrogens is 1. The standard InChI is InChI=1S/C20H18Br2FN3O4S/c1-3-30-20(28)16-14(8-21)25-18(19-24-11(9-31-19)7-15(27)29-2)26-17(16)12-5-4-10(23)6-13(12)22/h4-6,9,17H,3,7-8H2,1-2H3,(H,25,26). The number of benzene rings is 1. The zero-order valence-electron chi connectivity index (χ0n) is 16.6. The third-order valence-electron chi connectivity index (χ3n) is 4.32. The number of hydrogen-bond donors (Lipinski definition) is 1. The van der Waals surface area contributed by atoms with Gasteiger partial charge in [-0.3, -0.25) is 9.79 Å². The minimum absolute atomic E-state index is 0.0441. The Labute approximate surface area is 199 Å². The Bertz CT molecular complexity index is 1070. The van der Waals surface area contributed by atoms with Gasteiger partial charge in [0.25, 0.3) is 0 Å². The van der Waals surface area contributed by atoms with E-state index in [0.717, 1.165) is 0 Å². The first-order valence-corrected chi connectivity index (χ1v) is 11.9. The maximum atomic E-state index is 13.7. The molecule has 1 aromatic carbocycles. The van der Waals surface area contributed by atoms with Crippen molar-refractivity contribution < 1.29 is 23.5 Å². The molecular formula is C20H18Br2FN3O4S. The Balaban J connectivity index is 2.07. The van der Waals surface area contributed by atoms with Crippen LogP contribution in [0.3, 0.4) is 0 Å². The Kier molecular flexibility index (Phi) is 7.95. The SMILES string of the molecule is CCOC(=O)C1=C(CBr)NC(c2nc(CC(=O)OC)cs2)=NC1c1ccc(F)cc1Br. The second-order valence-electron chi connectivity index (χ2n) is 6.31. The number of rotatable bonds is 7. The molecule has 0 saturated heterocycles. The van der Waals surface area contributed by atoms with E-state index >= 15 is 0 Å². The van der Waals surface area contributed by atoms with Crippen molar-refractivity contribution in [3.63, 3.8) is 0 Å². The van der Waals surface area contributed by atoms with Gasteiger partial charge in [0, 0.05) is 20.9 Å². The van der Waals surface area contributed by atoms with E-state index in [4.69, 9.17) is 9.73 Å². The van der Waals surface area contributed by atoms with Crippen LogP contribution in [0.5, 0.6) is 0 Å². The lowest BCUT2D eigenvalue weighted by Crippen LogP contribution is -2.34. The van der Waals surface area contributed by atoms with Crippen LogP contribution < -0.4 is 5.32 Å². The number of thiazole rings is 1. The van der Waals surface area contributed by atoms with Crippen LogP contribution >= 0.6 is 43.2 Å². The molecule has 0 fully saturated rings. The van der Waals surface area contributed by atoms with Gasteiger partial charge < -0.3 is 14.8 Å². The Hall–Kier alpha value is -2.11. The van der Waals surface area contributed by atoms with Crippen LogP contribution in [-0.2, 0) is 25.5 Å². The number of ether oxygens (including phenoxy) is 2. The molecule has 0 radical (unpaired) electrons. The van der Waals surface area contributed by atoms with Crippen molar-refractivity contribution in [1.29, 1.82) is 0 Å². The van der Waals surface area contributed by atoms with Crippen LogP contribution in [0.2, 0.25) is 0 Å². The molecule has 0 bridgehead atoms. The van der Waals surface area contributed by atoms with Crippen LogP contribution in [0.15, 0.2) is 44.3 Å². The van der Waals surface area contributed by atoms with E-state index in [1.165, 1.54) is 30.6 Å². The highest BCUT2D eigenvalue weighted by Crippen LogP contribution is 2.37. The normalized spacial score (nSPS) is 15.9. The summed E-state index contributed by atoms with van der Waals surface area (Å²) in [6, 6.07) is 3.46. The molecule has 3 rings (SSSR count). The summed E-state index contributed by atoms with van der Waals surface area (Å²) in [5, 5.41) is 5.77. The fraction of sp³-hybridized carbons (Fsp3) is 0.300. The number of esters is 2. The maximum absolute atomic E-state index is 13.7. The molecule has 2 aromatic rings. The predicted molar refractivity (Wildman–Crippen MR) is 122 cm³/mol. The second kappa shape index (κ2) is 10.5. The van der Waals surface area contributed by atoms with Crippen molar-refractivity contribution in [2.75, 3.05) is 19.0 Å². The van der Waals surface area contributed by atoms with Gasteiger partial charge in [-0.25, -0.2) is 14.2 Å². The van der Waals surface area contributed by atoms with Crippen molar-refractivity contribution in [1.82, 2.24) is 10.3 Å². The summed E-state index contributed by atoms with van der Waals surface area (Å²) >= 11 is 8.10. The number of aliphatic imine (C=N–C) groups is 1. The summed E-state index contributed by atoms with van der Waals surface area (Å²) in [6.45, 7) is 1.92. The van der Waals surface area contributed by atoms with Gasteiger partial charge in [0.2, 0.25) is 0 Å². The molecule has 1 aromatic heterocycles. The summed E-state index contributed by atoms with van der Waals surface area (Å²) in [4.78, 5) is 33.5. The van der Waals surface area contributed by atoms with E-state index in [1.54, 1.807) is 18.4 Å². The lowest BCUT2D eigenvalue weighted by molar-refractivity contribution is -0.140. The minimum atomic E-state index is -0.745. The predicted octanol–water partition coefficient (Wildman–Crippen LogP) is 4.06. The van der Waals surface area contributed by atoms with Crippen LogP contribution in [0, 0.1) is 5.82 Å². The molecule has 1 atom stereocenters. The smallest absolute Gasteiger partial charge is 0.338 e. The number of methoxy groups -OCH3 is 1. The molecule has 0 amide bonds. The van der Waals surface area contributed by atoms with Gasteiger partial charge in [0.15, 0.2) is 10.8 Å². The molecular weight excluding hydrogens is 557 g/mol. The van der Waals surface area contributed by atoms with E-state index in [-0.39, 0.29) is 13.0 Å². The summed E-state index contributed by atoms with van der Waals surface area (Å²) in [6.07, 6.45) is 0.0441. The second-order valence-corrected chi connectivity index (χ2v) is 8.59.